The number of imidazole rings is 1. The minimum atomic E-state index is -0.441. The van der Waals surface area contributed by atoms with Crippen LogP contribution in [-0.4, -0.2) is 50.2 Å². The van der Waals surface area contributed by atoms with Crippen molar-refractivity contribution in [3.05, 3.63) is 77.9 Å². The number of benzene rings is 2. The van der Waals surface area contributed by atoms with Gasteiger partial charge in [-0.05, 0) is 42.7 Å². The van der Waals surface area contributed by atoms with Crippen LogP contribution >= 0.6 is 11.3 Å². The van der Waals surface area contributed by atoms with Gasteiger partial charge in [-0.15, -0.1) is 0 Å². The van der Waals surface area contributed by atoms with Gasteiger partial charge in [-0.1, -0.05) is 36.5 Å². The Morgan fingerprint density at radius 3 is 2.53 bits per heavy atom. The summed E-state index contributed by atoms with van der Waals surface area (Å²) in [6, 6.07) is 12.7. The molecule has 0 fully saturated rings. The van der Waals surface area contributed by atoms with Gasteiger partial charge in [0.05, 0.1) is 27.7 Å². The maximum atomic E-state index is 13.5. The lowest BCUT2D eigenvalue weighted by Gasteiger charge is -2.22. The van der Waals surface area contributed by atoms with Crippen LogP contribution in [-0.2, 0) is 17.8 Å². The first-order valence-electron chi connectivity index (χ1n) is 11.2. The van der Waals surface area contributed by atoms with Crippen molar-refractivity contribution in [1.82, 2.24) is 19.4 Å². The number of thiazole rings is 1. The summed E-state index contributed by atoms with van der Waals surface area (Å²) in [5, 5.41) is 0.565. The SMILES string of the molecule is CCc1ccc2nc(N(CCCn3ccnc3)C(=O)CN3C(=O)c4ccccc4C3=O)sc2c1. The first kappa shape index (κ1) is 22.0. The third-order valence-electron chi connectivity index (χ3n) is 5.91. The number of aromatic nitrogens is 3. The first-order valence-corrected chi connectivity index (χ1v) is 12.0. The fourth-order valence-corrected chi connectivity index (χ4v) is 5.13. The highest BCUT2D eigenvalue weighted by atomic mass is 32.1. The summed E-state index contributed by atoms with van der Waals surface area (Å²) in [4.78, 5) is 50.4. The molecule has 172 valence electrons. The lowest BCUT2D eigenvalue weighted by molar-refractivity contribution is -0.119. The number of nitrogens with zero attached hydrogens (tertiary/aromatic N) is 5. The van der Waals surface area contributed by atoms with E-state index in [1.54, 1.807) is 41.7 Å². The quantitative estimate of drug-likeness (QED) is 0.364. The van der Waals surface area contributed by atoms with Gasteiger partial charge < -0.3 is 4.57 Å². The third kappa shape index (κ3) is 4.10. The number of aryl methyl sites for hydroxylation is 2. The van der Waals surface area contributed by atoms with Gasteiger partial charge in [0.2, 0.25) is 5.91 Å². The number of amides is 3. The van der Waals surface area contributed by atoms with Gasteiger partial charge in [0, 0.05) is 25.5 Å². The normalized spacial score (nSPS) is 13.0. The number of carbonyl (C=O) groups excluding carboxylic acids is 3. The van der Waals surface area contributed by atoms with Gasteiger partial charge >= 0.3 is 0 Å². The van der Waals surface area contributed by atoms with Gasteiger partial charge in [0.1, 0.15) is 6.54 Å². The number of hydrogen-bond acceptors (Lipinski definition) is 6. The van der Waals surface area contributed by atoms with E-state index in [4.69, 9.17) is 4.98 Å². The van der Waals surface area contributed by atoms with E-state index in [1.165, 1.54) is 16.9 Å². The van der Waals surface area contributed by atoms with Crippen molar-refractivity contribution < 1.29 is 14.4 Å². The molecule has 1 aliphatic rings. The second kappa shape index (κ2) is 9.18. The summed E-state index contributed by atoms with van der Waals surface area (Å²) in [5.41, 5.74) is 2.69. The van der Waals surface area contributed by atoms with Crippen LogP contribution in [0.2, 0.25) is 0 Å². The van der Waals surface area contributed by atoms with Crippen LogP contribution in [0.1, 0.15) is 39.6 Å². The number of anilines is 1. The zero-order valence-corrected chi connectivity index (χ0v) is 19.5. The molecule has 3 amide bonds. The molecular formula is C25H23N5O3S. The average Bonchev–Trinajstić information content (AvgIpc) is 3.57. The Morgan fingerprint density at radius 2 is 1.85 bits per heavy atom. The molecule has 0 bridgehead atoms. The van der Waals surface area contributed by atoms with Crippen LogP contribution < -0.4 is 4.90 Å². The van der Waals surface area contributed by atoms with Crippen LogP contribution in [0.15, 0.2) is 61.2 Å². The summed E-state index contributed by atoms with van der Waals surface area (Å²) in [5.74, 6) is -1.22. The molecule has 8 nitrogen and oxygen atoms in total. The predicted molar refractivity (Wildman–Crippen MR) is 130 cm³/mol. The number of hydrogen-bond donors (Lipinski definition) is 0. The minimum Gasteiger partial charge on any atom is -0.337 e. The number of rotatable bonds is 8. The molecule has 1 aliphatic heterocycles. The average molecular weight is 474 g/mol. The highest BCUT2D eigenvalue weighted by molar-refractivity contribution is 7.22. The lowest BCUT2D eigenvalue weighted by Crippen LogP contribution is -2.43. The predicted octanol–water partition coefficient (Wildman–Crippen LogP) is 3.77. The molecule has 4 aromatic rings. The molecule has 5 rings (SSSR count). The van der Waals surface area contributed by atoms with E-state index in [2.05, 4.69) is 18.0 Å². The molecule has 34 heavy (non-hydrogen) atoms. The van der Waals surface area contributed by atoms with E-state index < -0.39 is 11.8 Å². The van der Waals surface area contributed by atoms with Crippen molar-refractivity contribution in [2.45, 2.75) is 26.3 Å². The van der Waals surface area contributed by atoms with Crippen LogP contribution in [0.3, 0.4) is 0 Å². The second-order valence-electron chi connectivity index (χ2n) is 8.09. The van der Waals surface area contributed by atoms with E-state index in [9.17, 15) is 14.4 Å². The van der Waals surface area contributed by atoms with Crippen molar-refractivity contribution >= 4 is 44.4 Å². The molecule has 0 saturated heterocycles. The smallest absolute Gasteiger partial charge is 0.262 e. The molecular weight excluding hydrogens is 450 g/mol. The molecule has 0 atom stereocenters. The number of carbonyl (C=O) groups is 3. The highest BCUT2D eigenvalue weighted by Crippen LogP contribution is 2.31. The van der Waals surface area contributed by atoms with Gasteiger partial charge in [-0.2, -0.15) is 0 Å². The zero-order valence-electron chi connectivity index (χ0n) is 18.7. The standard InChI is InChI=1S/C25H23N5O3S/c1-2-17-8-9-20-21(14-17)34-25(27-20)29(12-5-11-28-13-10-26-16-28)22(31)15-30-23(32)18-6-3-4-7-19(18)24(30)33/h3-4,6-10,13-14,16H,2,5,11-12,15H2,1H3. The fraction of sp³-hybridized carbons (Fsp3) is 0.240. The Morgan fingerprint density at radius 1 is 1.09 bits per heavy atom. The maximum absolute atomic E-state index is 13.5. The summed E-state index contributed by atoms with van der Waals surface area (Å²) in [7, 11) is 0. The fourth-order valence-electron chi connectivity index (χ4n) is 4.05. The lowest BCUT2D eigenvalue weighted by atomic mass is 10.1. The molecule has 0 saturated carbocycles. The van der Waals surface area contributed by atoms with Crippen LogP contribution in [0.5, 0.6) is 0 Å². The molecule has 0 radical (unpaired) electrons. The molecule has 0 aliphatic carbocycles. The van der Waals surface area contributed by atoms with E-state index in [0.717, 1.165) is 21.5 Å². The maximum Gasteiger partial charge on any atom is 0.262 e. The van der Waals surface area contributed by atoms with E-state index in [1.807, 2.05) is 22.9 Å². The molecule has 0 N–H and O–H groups in total. The van der Waals surface area contributed by atoms with E-state index in [0.29, 0.717) is 35.8 Å². The second-order valence-corrected chi connectivity index (χ2v) is 9.10. The monoisotopic (exact) mass is 473 g/mol. The van der Waals surface area contributed by atoms with Crippen molar-refractivity contribution in [1.29, 1.82) is 0 Å². The molecule has 9 heteroatoms. The number of imide groups is 1. The Balaban J connectivity index is 1.40. The van der Waals surface area contributed by atoms with Crippen LogP contribution in [0, 0.1) is 0 Å². The molecule has 0 unspecified atom stereocenters. The third-order valence-corrected chi connectivity index (χ3v) is 6.95. The van der Waals surface area contributed by atoms with Crippen molar-refractivity contribution in [3.8, 4) is 0 Å². The first-order chi connectivity index (χ1) is 16.5. The highest BCUT2D eigenvalue weighted by Gasteiger charge is 2.37. The summed E-state index contributed by atoms with van der Waals surface area (Å²) >= 11 is 1.44. The molecule has 0 spiro atoms. The van der Waals surface area contributed by atoms with Crippen molar-refractivity contribution in [2.75, 3.05) is 18.0 Å². The van der Waals surface area contributed by atoms with Gasteiger partial charge in [-0.3, -0.25) is 24.2 Å². The summed E-state index contributed by atoms with van der Waals surface area (Å²) < 4.78 is 2.95. The Bertz CT molecular complexity index is 1340. The number of fused-ring (bicyclic) bond motifs is 2. The van der Waals surface area contributed by atoms with E-state index >= 15 is 0 Å². The Kier molecular flexibility index (Phi) is 5.93. The largest absolute Gasteiger partial charge is 0.337 e. The zero-order chi connectivity index (χ0) is 23.7. The Labute approximate surface area is 200 Å². The van der Waals surface area contributed by atoms with Gasteiger partial charge in [0.15, 0.2) is 5.13 Å². The summed E-state index contributed by atoms with van der Waals surface area (Å²) in [6.07, 6.45) is 6.89. The van der Waals surface area contributed by atoms with Crippen molar-refractivity contribution in [2.24, 2.45) is 0 Å². The minimum absolute atomic E-state index is 0.326. The van der Waals surface area contributed by atoms with Crippen LogP contribution in [0.25, 0.3) is 10.2 Å². The van der Waals surface area contributed by atoms with Crippen LogP contribution in [0.4, 0.5) is 5.13 Å². The molecule has 3 heterocycles. The molecule has 2 aromatic heterocycles. The van der Waals surface area contributed by atoms with Crippen molar-refractivity contribution in [3.63, 3.8) is 0 Å². The van der Waals surface area contributed by atoms with Gasteiger partial charge in [-0.25, -0.2) is 9.97 Å². The molecule has 2 aromatic carbocycles. The van der Waals surface area contributed by atoms with E-state index in [-0.39, 0.29) is 12.5 Å². The topological polar surface area (TPSA) is 88.4 Å². The summed E-state index contributed by atoms with van der Waals surface area (Å²) in [6.45, 7) is 2.85. The Hall–Kier alpha value is -3.85. The van der Waals surface area contributed by atoms with Gasteiger partial charge in [0.25, 0.3) is 11.8 Å².